The van der Waals surface area contributed by atoms with Crippen molar-refractivity contribution >= 4 is 36.0 Å². The third kappa shape index (κ3) is 8.57. The van der Waals surface area contributed by atoms with Crippen LogP contribution in [0, 0.1) is 0 Å². The molecule has 1 aromatic carbocycles. The van der Waals surface area contributed by atoms with E-state index < -0.39 is 0 Å². The Morgan fingerprint density at radius 1 is 1.23 bits per heavy atom. The summed E-state index contributed by atoms with van der Waals surface area (Å²) in [7, 11) is 1.68. The van der Waals surface area contributed by atoms with Crippen LogP contribution < -0.4 is 15.4 Å². The molecule has 0 aliphatic carbocycles. The molecule has 1 saturated heterocycles. The van der Waals surface area contributed by atoms with Crippen LogP contribution in [0.1, 0.15) is 51.5 Å². The van der Waals surface area contributed by atoms with Gasteiger partial charge in [-0.2, -0.15) is 0 Å². The molecule has 0 spiro atoms. The van der Waals surface area contributed by atoms with Crippen molar-refractivity contribution in [3.05, 3.63) is 29.8 Å². The fraction of sp³-hybridized carbons (Fsp3) is 0.636. The van der Waals surface area contributed by atoms with Crippen LogP contribution in [0.25, 0.3) is 0 Å². The predicted molar refractivity (Wildman–Crippen MR) is 132 cm³/mol. The number of aliphatic imine (C=N–C) groups is 1. The lowest BCUT2D eigenvalue weighted by Gasteiger charge is -2.32. The van der Waals surface area contributed by atoms with Crippen LogP contribution in [-0.2, 0) is 4.74 Å². The first-order chi connectivity index (χ1) is 14.1. The number of halogens is 1. The monoisotopic (exact) mass is 532 g/mol. The normalized spacial score (nSPS) is 15.7. The molecule has 0 saturated carbocycles. The number of methoxy groups -OCH3 is 1. The number of carbonyl (C=O) groups is 1. The van der Waals surface area contributed by atoms with E-state index in [2.05, 4.69) is 36.6 Å². The highest BCUT2D eigenvalue weighted by Crippen LogP contribution is 2.21. The molecule has 0 bridgehead atoms. The number of benzene rings is 1. The molecule has 1 amide bonds. The van der Waals surface area contributed by atoms with Crippen molar-refractivity contribution in [2.24, 2.45) is 4.99 Å². The standard InChI is InChI=1S/C22H36N4O3.HI/c1-5-23-21(25-19-12-15-26(16-13-19)22(27)29-6-2)24-14-11-17(3)18-7-9-20(28-4)10-8-18;/h7-10,17,19H,5-6,11-16H2,1-4H3,(H2,23,24,25);1H. The summed E-state index contributed by atoms with van der Waals surface area (Å²) in [4.78, 5) is 18.4. The Morgan fingerprint density at radius 2 is 1.90 bits per heavy atom. The van der Waals surface area contributed by atoms with Crippen molar-refractivity contribution in [1.29, 1.82) is 0 Å². The summed E-state index contributed by atoms with van der Waals surface area (Å²) in [6, 6.07) is 8.56. The third-order valence-electron chi connectivity index (χ3n) is 5.22. The lowest BCUT2D eigenvalue weighted by molar-refractivity contribution is 0.0963. The number of hydrogen-bond acceptors (Lipinski definition) is 4. The maximum atomic E-state index is 11.8. The Morgan fingerprint density at radius 3 is 2.47 bits per heavy atom. The fourth-order valence-corrected chi connectivity index (χ4v) is 3.40. The first-order valence-electron chi connectivity index (χ1n) is 10.7. The molecule has 1 atom stereocenters. The second-order valence-corrected chi connectivity index (χ2v) is 7.33. The van der Waals surface area contributed by atoms with Gasteiger partial charge in [0.25, 0.3) is 0 Å². The number of rotatable bonds is 8. The van der Waals surface area contributed by atoms with E-state index in [9.17, 15) is 4.79 Å². The summed E-state index contributed by atoms with van der Waals surface area (Å²) in [5.74, 6) is 2.16. The van der Waals surface area contributed by atoms with Crippen molar-refractivity contribution in [3.63, 3.8) is 0 Å². The van der Waals surface area contributed by atoms with E-state index in [0.29, 0.717) is 31.7 Å². The predicted octanol–water partition coefficient (Wildman–Crippen LogP) is 3.98. The van der Waals surface area contributed by atoms with E-state index in [0.717, 1.165) is 44.1 Å². The van der Waals surface area contributed by atoms with Crippen LogP contribution in [0.3, 0.4) is 0 Å². The minimum atomic E-state index is -0.209. The first kappa shape index (κ1) is 26.3. The lowest BCUT2D eigenvalue weighted by Crippen LogP contribution is -2.49. The fourth-order valence-electron chi connectivity index (χ4n) is 3.40. The number of guanidine groups is 1. The largest absolute Gasteiger partial charge is 0.497 e. The molecular weight excluding hydrogens is 495 g/mol. The summed E-state index contributed by atoms with van der Waals surface area (Å²) in [5, 5.41) is 6.85. The number of ether oxygens (including phenoxy) is 2. The quantitative estimate of drug-likeness (QED) is 0.301. The molecule has 2 rings (SSSR count). The van der Waals surface area contributed by atoms with E-state index >= 15 is 0 Å². The van der Waals surface area contributed by atoms with Gasteiger partial charge in [-0.15, -0.1) is 24.0 Å². The van der Waals surface area contributed by atoms with Crippen LogP contribution >= 0.6 is 24.0 Å². The van der Waals surface area contributed by atoms with Gasteiger partial charge in [0, 0.05) is 32.2 Å². The molecule has 1 fully saturated rings. The van der Waals surface area contributed by atoms with Crippen LogP contribution in [0.4, 0.5) is 4.79 Å². The molecule has 30 heavy (non-hydrogen) atoms. The van der Waals surface area contributed by atoms with Crippen molar-refractivity contribution in [1.82, 2.24) is 15.5 Å². The zero-order valence-corrected chi connectivity index (χ0v) is 21.0. The van der Waals surface area contributed by atoms with Gasteiger partial charge in [-0.3, -0.25) is 4.99 Å². The third-order valence-corrected chi connectivity index (χ3v) is 5.22. The van der Waals surface area contributed by atoms with Crippen LogP contribution in [0.2, 0.25) is 0 Å². The molecular formula is C22H37IN4O3. The average Bonchev–Trinajstić information content (AvgIpc) is 2.74. The zero-order valence-electron chi connectivity index (χ0n) is 18.6. The summed E-state index contributed by atoms with van der Waals surface area (Å²) in [5.41, 5.74) is 1.30. The second kappa shape index (κ2) is 14.3. The molecule has 8 heteroatoms. The number of amides is 1. The molecule has 1 heterocycles. The number of hydrogen-bond donors (Lipinski definition) is 2. The zero-order chi connectivity index (χ0) is 21.1. The van der Waals surface area contributed by atoms with E-state index in [-0.39, 0.29) is 30.1 Å². The van der Waals surface area contributed by atoms with Crippen molar-refractivity contribution in [2.75, 3.05) is 39.9 Å². The molecule has 0 aromatic heterocycles. The summed E-state index contributed by atoms with van der Waals surface area (Å²) >= 11 is 0. The molecule has 0 radical (unpaired) electrons. The van der Waals surface area contributed by atoms with E-state index in [1.165, 1.54) is 5.56 Å². The highest BCUT2D eigenvalue weighted by atomic mass is 127. The average molecular weight is 532 g/mol. The van der Waals surface area contributed by atoms with Gasteiger partial charge < -0.3 is 25.0 Å². The van der Waals surface area contributed by atoms with Gasteiger partial charge in [-0.25, -0.2) is 4.79 Å². The molecule has 170 valence electrons. The van der Waals surface area contributed by atoms with Crippen molar-refractivity contribution in [3.8, 4) is 5.75 Å². The number of piperidine rings is 1. The van der Waals surface area contributed by atoms with Gasteiger partial charge in [0.1, 0.15) is 5.75 Å². The molecule has 1 aliphatic rings. The Balaban J connectivity index is 0.00000450. The van der Waals surface area contributed by atoms with Crippen LogP contribution in [0.15, 0.2) is 29.3 Å². The van der Waals surface area contributed by atoms with Gasteiger partial charge in [-0.05, 0) is 56.7 Å². The van der Waals surface area contributed by atoms with Crippen LogP contribution in [-0.4, -0.2) is 62.9 Å². The topological polar surface area (TPSA) is 75.2 Å². The minimum Gasteiger partial charge on any atom is -0.497 e. The van der Waals surface area contributed by atoms with Gasteiger partial charge in [-0.1, -0.05) is 19.1 Å². The SMILES string of the molecule is CCNC(=NCCC(C)c1ccc(OC)cc1)NC1CCN(C(=O)OCC)CC1.I. The molecule has 7 nitrogen and oxygen atoms in total. The minimum absolute atomic E-state index is 0. The van der Waals surface area contributed by atoms with Gasteiger partial charge in [0.2, 0.25) is 0 Å². The summed E-state index contributed by atoms with van der Waals surface area (Å²) in [6.45, 7) is 9.55. The number of nitrogens with one attached hydrogen (secondary N) is 2. The molecule has 1 aromatic rings. The van der Waals surface area contributed by atoms with Gasteiger partial charge in [0.15, 0.2) is 5.96 Å². The van der Waals surface area contributed by atoms with E-state index in [1.54, 1.807) is 12.0 Å². The number of carbonyl (C=O) groups excluding carboxylic acids is 1. The Hall–Kier alpha value is -1.71. The number of nitrogens with zero attached hydrogens (tertiary/aromatic N) is 2. The maximum absolute atomic E-state index is 11.8. The molecule has 1 unspecified atom stereocenters. The van der Waals surface area contributed by atoms with Crippen molar-refractivity contribution < 1.29 is 14.3 Å². The maximum Gasteiger partial charge on any atom is 0.409 e. The lowest BCUT2D eigenvalue weighted by atomic mass is 9.98. The molecule has 1 aliphatic heterocycles. The summed E-state index contributed by atoms with van der Waals surface area (Å²) in [6.07, 6.45) is 2.56. The first-order valence-corrected chi connectivity index (χ1v) is 10.7. The Labute approximate surface area is 198 Å². The Kier molecular flexibility index (Phi) is 12.6. The summed E-state index contributed by atoms with van der Waals surface area (Å²) < 4.78 is 10.3. The smallest absolute Gasteiger partial charge is 0.409 e. The highest BCUT2D eigenvalue weighted by molar-refractivity contribution is 14.0. The van der Waals surface area contributed by atoms with Crippen LogP contribution in [0.5, 0.6) is 5.75 Å². The number of likely N-dealkylation sites (tertiary alicyclic amines) is 1. The van der Waals surface area contributed by atoms with E-state index in [4.69, 9.17) is 14.5 Å². The van der Waals surface area contributed by atoms with E-state index in [1.807, 2.05) is 19.1 Å². The Bertz CT molecular complexity index is 646. The molecule has 2 N–H and O–H groups in total. The van der Waals surface area contributed by atoms with Gasteiger partial charge in [0.05, 0.1) is 13.7 Å². The van der Waals surface area contributed by atoms with Gasteiger partial charge >= 0.3 is 6.09 Å². The highest BCUT2D eigenvalue weighted by Gasteiger charge is 2.24. The second-order valence-electron chi connectivity index (χ2n) is 7.33. The van der Waals surface area contributed by atoms with Crippen molar-refractivity contribution in [2.45, 2.75) is 52.0 Å².